The number of carboxylic acids is 1. The molecule has 1 aromatic rings. The highest BCUT2D eigenvalue weighted by Crippen LogP contribution is 2.25. The Morgan fingerprint density at radius 1 is 1.16 bits per heavy atom. The van der Waals surface area contributed by atoms with Gasteiger partial charge in [0.25, 0.3) is 0 Å². The summed E-state index contributed by atoms with van der Waals surface area (Å²) < 4.78 is 10.7. The van der Waals surface area contributed by atoms with Crippen molar-refractivity contribution in [1.29, 1.82) is 0 Å². The van der Waals surface area contributed by atoms with Crippen LogP contribution in [0.1, 0.15) is 6.92 Å². The standard InChI is InChI=1S/C12H16N2O5/c1-2-18-9-5-3-4-6-10(9)19-8-14-12(17)13-7-11(15)16/h3-6H,2,7-8H2,1H3,(H,15,16)(H2,13,14,17). The first-order chi connectivity index (χ1) is 9.13. The maximum absolute atomic E-state index is 11.2. The summed E-state index contributed by atoms with van der Waals surface area (Å²) in [5.74, 6) is -0.0293. The van der Waals surface area contributed by atoms with Crippen LogP contribution in [0.25, 0.3) is 0 Å². The fraction of sp³-hybridized carbons (Fsp3) is 0.333. The number of amides is 2. The van der Waals surface area contributed by atoms with Gasteiger partial charge in [0.05, 0.1) is 6.61 Å². The van der Waals surface area contributed by atoms with Crippen molar-refractivity contribution in [3.8, 4) is 11.5 Å². The largest absolute Gasteiger partial charge is 0.490 e. The third-order valence-corrected chi connectivity index (χ3v) is 2.01. The molecule has 0 aromatic heterocycles. The molecule has 0 saturated heterocycles. The molecular weight excluding hydrogens is 252 g/mol. The van der Waals surface area contributed by atoms with Gasteiger partial charge in [0, 0.05) is 0 Å². The SMILES string of the molecule is CCOc1ccccc1OCNC(=O)NCC(=O)O. The maximum Gasteiger partial charge on any atom is 0.323 e. The van der Waals surface area contributed by atoms with E-state index in [4.69, 9.17) is 14.6 Å². The van der Waals surface area contributed by atoms with Crippen LogP contribution in [0.4, 0.5) is 4.79 Å². The molecule has 0 unspecified atom stereocenters. The van der Waals surface area contributed by atoms with Crippen LogP contribution in [0.15, 0.2) is 24.3 Å². The van der Waals surface area contributed by atoms with E-state index >= 15 is 0 Å². The third kappa shape index (κ3) is 5.62. The molecular formula is C12H16N2O5. The predicted octanol–water partition coefficient (Wildman–Crippen LogP) is 0.805. The first-order valence-corrected chi connectivity index (χ1v) is 5.71. The van der Waals surface area contributed by atoms with E-state index in [0.717, 1.165) is 0 Å². The summed E-state index contributed by atoms with van der Waals surface area (Å²) in [4.78, 5) is 21.4. The number of hydrogen-bond donors (Lipinski definition) is 3. The lowest BCUT2D eigenvalue weighted by Crippen LogP contribution is -2.40. The molecule has 0 atom stereocenters. The van der Waals surface area contributed by atoms with Gasteiger partial charge in [-0.25, -0.2) is 4.79 Å². The van der Waals surface area contributed by atoms with E-state index in [2.05, 4.69) is 10.6 Å². The van der Waals surface area contributed by atoms with Gasteiger partial charge in [0.15, 0.2) is 18.2 Å². The van der Waals surface area contributed by atoms with Gasteiger partial charge in [-0.3, -0.25) is 4.79 Å². The number of benzene rings is 1. The molecule has 19 heavy (non-hydrogen) atoms. The van der Waals surface area contributed by atoms with Crippen LogP contribution in [0.2, 0.25) is 0 Å². The quantitative estimate of drug-likeness (QED) is 0.636. The molecule has 2 amide bonds. The van der Waals surface area contributed by atoms with Crippen molar-refractivity contribution in [3.05, 3.63) is 24.3 Å². The number of carbonyl (C=O) groups excluding carboxylic acids is 1. The minimum absolute atomic E-state index is 0.0878. The molecule has 0 fully saturated rings. The number of ether oxygens (including phenoxy) is 2. The molecule has 0 aliphatic heterocycles. The lowest BCUT2D eigenvalue weighted by atomic mass is 10.3. The molecule has 0 heterocycles. The van der Waals surface area contributed by atoms with E-state index in [1.165, 1.54) is 0 Å². The van der Waals surface area contributed by atoms with Crippen molar-refractivity contribution >= 4 is 12.0 Å². The Morgan fingerprint density at radius 2 is 1.79 bits per heavy atom. The third-order valence-electron chi connectivity index (χ3n) is 2.01. The highest BCUT2D eigenvalue weighted by Gasteiger charge is 2.05. The van der Waals surface area contributed by atoms with Crippen molar-refractivity contribution in [2.75, 3.05) is 19.9 Å². The van der Waals surface area contributed by atoms with Gasteiger partial charge in [-0.05, 0) is 19.1 Å². The number of carbonyl (C=O) groups is 2. The first kappa shape index (κ1) is 14.6. The summed E-state index contributed by atoms with van der Waals surface area (Å²) in [6.07, 6.45) is 0. The van der Waals surface area contributed by atoms with E-state index in [-0.39, 0.29) is 6.73 Å². The van der Waals surface area contributed by atoms with E-state index in [9.17, 15) is 9.59 Å². The smallest absolute Gasteiger partial charge is 0.323 e. The van der Waals surface area contributed by atoms with Gasteiger partial charge >= 0.3 is 12.0 Å². The Balaban J connectivity index is 2.36. The van der Waals surface area contributed by atoms with Crippen molar-refractivity contribution < 1.29 is 24.2 Å². The Kier molecular flexibility index (Phi) is 6.00. The molecule has 1 rings (SSSR count). The molecule has 0 saturated carbocycles. The Hall–Kier alpha value is -2.44. The second kappa shape index (κ2) is 7.80. The summed E-state index contributed by atoms with van der Waals surface area (Å²) in [6, 6.07) is 6.44. The van der Waals surface area contributed by atoms with E-state index in [1.54, 1.807) is 18.2 Å². The van der Waals surface area contributed by atoms with Crippen molar-refractivity contribution in [2.45, 2.75) is 6.92 Å². The van der Waals surface area contributed by atoms with Gasteiger partial charge in [-0.15, -0.1) is 0 Å². The van der Waals surface area contributed by atoms with Crippen LogP contribution in [-0.4, -0.2) is 37.0 Å². The molecule has 7 heteroatoms. The lowest BCUT2D eigenvalue weighted by Gasteiger charge is -2.12. The summed E-state index contributed by atoms with van der Waals surface area (Å²) in [7, 11) is 0. The molecule has 0 radical (unpaired) electrons. The fourth-order valence-electron chi connectivity index (χ4n) is 1.24. The van der Waals surface area contributed by atoms with Crippen LogP contribution < -0.4 is 20.1 Å². The number of hydrogen-bond acceptors (Lipinski definition) is 4. The van der Waals surface area contributed by atoms with E-state index < -0.39 is 18.5 Å². The maximum atomic E-state index is 11.2. The Morgan fingerprint density at radius 3 is 2.37 bits per heavy atom. The number of urea groups is 1. The van der Waals surface area contributed by atoms with Gasteiger partial charge in [0.1, 0.15) is 6.54 Å². The average Bonchev–Trinajstić information content (AvgIpc) is 2.39. The molecule has 0 aliphatic carbocycles. The van der Waals surface area contributed by atoms with Crippen molar-refractivity contribution in [2.24, 2.45) is 0 Å². The molecule has 3 N–H and O–H groups in total. The monoisotopic (exact) mass is 268 g/mol. The molecule has 0 bridgehead atoms. The highest BCUT2D eigenvalue weighted by atomic mass is 16.5. The fourth-order valence-corrected chi connectivity index (χ4v) is 1.24. The topological polar surface area (TPSA) is 96.9 Å². The van der Waals surface area contributed by atoms with Gasteiger partial charge in [-0.1, -0.05) is 12.1 Å². The molecule has 0 aliphatic rings. The predicted molar refractivity (Wildman–Crippen MR) is 67.3 cm³/mol. The normalized spacial score (nSPS) is 9.53. The summed E-state index contributed by atoms with van der Waals surface area (Å²) in [5.41, 5.74) is 0. The highest BCUT2D eigenvalue weighted by molar-refractivity contribution is 5.79. The minimum Gasteiger partial charge on any atom is -0.490 e. The molecule has 1 aromatic carbocycles. The Labute approximate surface area is 110 Å². The van der Waals surface area contributed by atoms with Gasteiger partial charge in [-0.2, -0.15) is 0 Å². The van der Waals surface area contributed by atoms with Crippen LogP contribution in [-0.2, 0) is 4.79 Å². The van der Waals surface area contributed by atoms with Crippen LogP contribution >= 0.6 is 0 Å². The van der Waals surface area contributed by atoms with Crippen molar-refractivity contribution in [1.82, 2.24) is 10.6 Å². The van der Waals surface area contributed by atoms with Crippen molar-refractivity contribution in [3.63, 3.8) is 0 Å². The number of aliphatic carboxylic acids is 1. The first-order valence-electron chi connectivity index (χ1n) is 5.71. The summed E-state index contributed by atoms with van der Waals surface area (Å²) in [6.45, 7) is 1.83. The second-order valence-electron chi connectivity index (χ2n) is 3.42. The second-order valence-corrected chi connectivity index (χ2v) is 3.42. The minimum atomic E-state index is -1.11. The van der Waals surface area contributed by atoms with E-state index in [1.807, 2.05) is 13.0 Å². The average molecular weight is 268 g/mol. The number of carboxylic acid groups (broad SMARTS) is 1. The van der Waals surface area contributed by atoms with E-state index in [0.29, 0.717) is 18.1 Å². The van der Waals surface area contributed by atoms with Crippen LogP contribution in [0.3, 0.4) is 0 Å². The van der Waals surface area contributed by atoms with Gasteiger partial charge in [0.2, 0.25) is 0 Å². The zero-order valence-corrected chi connectivity index (χ0v) is 10.5. The molecule has 7 nitrogen and oxygen atoms in total. The zero-order chi connectivity index (χ0) is 14.1. The number of rotatable bonds is 7. The van der Waals surface area contributed by atoms with Crippen LogP contribution in [0.5, 0.6) is 11.5 Å². The van der Waals surface area contributed by atoms with Crippen LogP contribution in [0, 0.1) is 0 Å². The lowest BCUT2D eigenvalue weighted by molar-refractivity contribution is -0.135. The van der Waals surface area contributed by atoms with Gasteiger partial charge < -0.3 is 25.2 Å². The molecule has 0 spiro atoms. The number of nitrogens with one attached hydrogen (secondary N) is 2. The Bertz CT molecular complexity index is 436. The number of para-hydroxylation sites is 2. The summed E-state index contributed by atoms with van der Waals surface area (Å²) >= 11 is 0. The zero-order valence-electron chi connectivity index (χ0n) is 10.5. The summed E-state index contributed by atoms with van der Waals surface area (Å²) in [5, 5.41) is 12.9. The molecule has 104 valence electrons.